The number of furan rings is 1. The third kappa shape index (κ3) is 2.89. The molecule has 3 heterocycles. The lowest BCUT2D eigenvalue weighted by molar-refractivity contribution is 0.465. The largest absolute Gasteiger partial charge is 0.467 e. The van der Waals surface area contributed by atoms with Crippen molar-refractivity contribution in [1.82, 2.24) is 4.98 Å². The fourth-order valence-electron chi connectivity index (χ4n) is 4.08. The van der Waals surface area contributed by atoms with Gasteiger partial charge >= 0.3 is 0 Å². The van der Waals surface area contributed by atoms with Gasteiger partial charge < -0.3 is 9.40 Å². The van der Waals surface area contributed by atoms with Crippen LogP contribution in [0, 0.1) is 0 Å². The number of benzene rings is 1. The average molecular weight is 359 g/mol. The molecule has 0 saturated carbocycles. The highest BCUT2D eigenvalue weighted by Gasteiger charge is 2.33. The number of rotatable bonds is 3. The number of hydrazone groups is 1. The van der Waals surface area contributed by atoms with E-state index in [0.717, 1.165) is 42.1 Å². The van der Waals surface area contributed by atoms with Gasteiger partial charge in [-0.1, -0.05) is 18.2 Å². The molecule has 2 aliphatic rings. The van der Waals surface area contributed by atoms with Gasteiger partial charge in [-0.3, -0.25) is 9.80 Å². The summed E-state index contributed by atoms with van der Waals surface area (Å²) in [5, 5.41) is 6.81. The van der Waals surface area contributed by atoms with Crippen molar-refractivity contribution in [2.24, 2.45) is 5.10 Å². The van der Waals surface area contributed by atoms with Gasteiger partial charge in [0.25, 0.3) is 5.56 Å². The molecular weight excluding hydrogens is 338 g/mol. The molecule has 27 heavy (non-hydrogen) atoms. The van der Waals surface area contributed by atoms with E-state index in [9.17, 15) is 4.79 Å². The number of para-hydroxylation sites is 1. The lowest BCUT2D eigenvalue weighted by Crippen LogP contribution is -2.22. The standard InChI is InChI=1S/C22H21N3O2/c26-22-17(13-15-7-4-5-10-18(15)23-22)19-14-20(21-11-6-12-27-21)25(24-19)16-8-2-1-3-9-16/h1-3,6,8-9,11-13,20H,4-5,7,10,14H2,(H,23,26)/t20-/m1/s1. The summed E-state index contributed by atoms with van der Waals surface area (Å²) in [6.45, 7) is 0. The van der Waals surface area contributed by atoms with E-state index < -0.39 is 0 Å². The van der Waals surface area contributed by atoms with Crippen LogP contribution in [0.2, 0.25) is 0 Å². The zero-order valence-electron chi connectivity index (χ0n) is 15.0. The van der Waals surface area contributed by atoms with Crippen LogP contribution in [0.3, 0.4) is 0 Å². The zero-order chi connectivity index (χ0) is 18.2. The second kappa shape index (κ2) is 6.58. The van der Waals surface area contributed by atoms with Gasteiger partial charge in [-0.2, -0.15) is 5.10 Å². The highest BCUT2D eigenvalue weighted by Crippen LogP contribution is 2.36. The molecule has 0 bridgehead atoms. The molecule has 5 nitrogen and oxygen atoms in total. The molecule has 0 radical (unpaired) electrons. The molecule has 1 atom stereocenters. The van der Waals surface area contributed by atoms with Gasteiger partial charge in [-0.25, -0.2) is 0 Å². The Morgan fingerprint density at radius 2 is 1.93 bits per heavy atom. The first-order chi connectivity index (χ1) is 13.3. The van der Waals surface area contributed by atoms with Gasteiger partial charge in [0.05, 0.1) is 23.2 Å². The van der Waals surface area contributed by atoms with Crippen molar-refractivity contribution in [1.29, 1.82) is 0 Å². The molecule has 0 fully saturated rings. The highest BCUT2D eigenvalue weighted by atomic mass is 16.3. The van der Waals surface area contributed by atoms with E-state index in [4.69, 9.17) is 9.52 Å². The summed E-state index contributed by atoms with van der Waals surface area (Å²) in [5.74, 6) is 0.854. The van der Waals surface area contributed by atoms with Gasteiger partial charge in [-0.15, -0.1) is 0 Å². The molecule has 0 saturated heterocycles. The van der Waals surface area contributed by atoms with E-state index in [1.54, 1.807) is 6.26 Å². The summed E-state index contributed by atoms with van der Waals surface area (Å²) in [5.41, 5.74) is 4.80. The molecule has 2 aromatic heterocycles. The third-order valence-corrected chi connectivity index (χ3v) is 5.45. The summed E-state index contributed by atoms with van der Waals surface area (Å²) in [4.78, 5) is 15.8. The maximum atomic E-state index is 12.7. The third-order valence-electron chi connectivity index (χ3n) is 5.45. The van der Waals surface area contributed by atoms with Crippen molar-refractivity contribution in [3.8, 4) is 0 Å². The number of aromatic nitrogens is 1. The van der Waals surface area contributed by atoms with Crippen LogP contribution in [0.4, 0.5) is 5.69 Å². The predicted octanol–water partition coefficient (Wildman–Crippen LogP) is 4.20. The Morgan fingerprint density at radius 1 is 1.07 bits per heavy atom. The normalized spacial score (nSPS) is 19.0. The second-order valence-electron chi connectivity index (χ2n) is 7.19. The summed E-state index contributed by atoms with van der Waals surface area (Å²) in [6.07, 6.45) is 6.63. The van der Waals surface area contributed by atoms with Crippen LogP contribution in [0.25, 0.3) is 0 Å². The number of fused-ring (bicyclic) bond motifs is 1. The van der Waals surface area contributed by atoms with Gasteiger partial charge in [0, 0.05) is 12.1 Å². The molecule has 1 aliphatic carbocycles. The van der Waals surface area contributed by atoms with E-state index in [1.807, 2.05) is 47.5 Å². The maximum absolute atomic E-state index is 12.7. The topological polar surface area (TPSA) is 61.6 Å². The number of aromatic amines is 1. The maximum Gasteiger partial charge on any atom is 0.257 e. The Balaban J connectivity index is 1.58. The van der Waals surface area contributed by atoms with Crippen molar-refractivity contribution in [2.75, 3.05) is 5.01 Å². The summed E-state index contributed by atoms with van der Waals surface area (Å²) < 4.78 is 5.67. The van der Waals surface area contributed by atoms with Gasteiger partial charge in [-0.05, 0) is 61.6 Å². The zero-order valence-corrected chi connectivity index (χ0v) is 15.0. The number of aryl methyl sites for hydroxylation is 2. The predicted molar refractivity (Wildman–Crippen MR) is 105 cm³/mol. The smallest absolute Gasteiger partial charge is 0.257 e. The Kier molecular flexibility index (Phi) is 3.93. The fraction of sp³-hybridized carbons (Fsp3) is 0.273. The van der Waals surface area contributed by atoms with Crippen LogP contribution in [0.15, 0.2) is 69.1 Å². The van der Waals surface area contributed by atoms with E-state index >= 15 is 0 Å². The monoisotopic (exact) mass is 359 g/mol. The van der Waals surface area contributed by atoms with E-state index in [1.165, 1.54) is 12.0 Å². The molecule has 1 N–H and O–H groups in total. The number of pyridine rings is 1. The van der Waals surface area contributed by atoms with Crippen molar-refractivity contribution < 1.29 is 4.42 Å². The van der Waals surface area contributed by atoms with Crippen molar-refractivity contribution in [2.45, 2.75) is 38.1 Å². The molecule has 1 aliphatic heterocycles. The Hall–Kier alpha value is -3.08. The van der Waals surface area contributed by atoms with E-state index in [0.29, 0.717) is 12.0 Å². The molecule has 0 amide bonds. The number of nitrogens with zero attached hydrogens (tertiary/aromatic N) is 2. The van der Waals surface area contributed by atoms with Gasteiger partial charge in [0.1, 0.15) is 11.8 Å². The first-order valence-corrected chi connectivity index (χ1v) is 9.50. The summed E-state index contributed by atoms with van der Waals surface area (Å²) in [6, 6.07) is 15.9. The van der Waals surface area contributed by atoms with Crippen molar-refractivity contribution in [3.63, 3.8) is 0 Å². The highest BCUT2D eigenvalue weighted by molar-refractivity contribution is 6.03. The SMILES string of the molecule is O=c1[nH]c2c(cc1C1=NN(c3ccccc3)[C@@H](c3ccco3)C1)CCCC2. The number of H-pyrrole nitrogens is 1. The van der Waals surface area contributed by atoms with Crippen LogP contribution in [-0.2, 0) is 12.8 Å². The fourth-order valence-corrected chi connectivity index (χ4v) is 4.08. The Bertz CT molecular complexity index is 1040. The van der Waals surface area contributed by atoms with E-state index in [2.05, 4.69) is 11.1 Å². The van der Waals surface area contributed by atoms with Crippen LogP contribution >= 0.6 is 0 Å². The van der Waals surface area contributed by atoms with Crippen LogP contribution in [-0.4, -0.2) is 10.7 Å². The van der Waals surface area contributed by atoms with Crippen LogP contribution in [0.5, 0.6) is 0 Å². The first-order valence-electron chi connectivity index (χ1n) is 9.50. The molecule has 0 spiro atoms. The Labute approximate surface area is 157 Å². The molecular formula is C22H21N3O2. The average Bonchev–Trinajstić information content (AvgIpc) is 3.38. The number of hydrogen-bond donors (Lipinski definition) is 1. The molecule has 1 aromatic carbocycles. The summed E-state index contributed by atoms with van der Waals surface area (Å²) >= 11 is 0. The van der Waals surface area contributed by atoms with Gasteiger partial charge in [0.15, 0.2) is 0 Å². The molecule has 5 heteroatoms. The van der Waals surface area contributed by atoms with E-state index in [-0.39, 0.29) is 11.6 Å². The molecule has 136 valence electrons. The number of hydrogen-bond acceptors (Lipinski definition) is 4. The number of nitrogens with one attached hydrogen (secondary N) is 1. The molecule has 3 aromatic rings. The van der Waals surface area contributed by atoms with Gasteiger partial charge in [0.2, 0.25) is 0 Å². The second-order valence-corrected chi connectivity index (χ2v) is 7.19. The van der Waals surface area contributed by atoms with Crippen molar-refractivity contribution in [3.05, 3.63) is 87.7 Å². The first kappa shape index (κ1) is 16.1. The Morgan fingerprint density at radius 3 is 2.74 bits per heavy atom. The number of anilines is 1. The quantitative estimate of drug-likeness (QED) is 0.762. The lowest BCUT2D eigenvalue weighted by atomic mass is 9.93. The molecule has 5 rings (SSSR count). The lowest BCUT2D eigenvalue weighted by Gasteiger charge is -2.21. The minimum atomic E-state index is -0.0483. The summed E-state index contributed by atoms with van der Waals surface area (Å²) in [7, 11) is 0. The van der Waals surface area contributed by atoms with Crippen LogP contribution in [0.1, 0.15) is 47.9 Å². The minimum Gasteiger partial charge on any atom is -0.467 e. The molecule has 0 unspecified atom stereocenters. The van der Waals surface area contributed by atoms with Crippen molar-refractivity contribution >= 4 is 11.4 Å². The minimum absolute atomic E-state index is 0.0393. The van der Waals surface area contributed by atoms with Crippen LogP contribution < -0.4 is 10.6 Å².